The van der Waals surface area contributed by atoms with E-state index in [1.165, 1.54) is 25.3 Å². The molecule has 4 aliphatic carbocycles. The summed E-state index contributed by atoms with van der Waals surface area (Å²) in [7, 11) is 0. The molecule has 1 aliphatic heterocycles. The first kappa shape index (κ1) is 18.7. The molecule has 0 spiro atoms. The minimum atomic E-state index is -0.155. The van der Waals surface area contributed by atoms with Crippen molar-refractivity contribution in [3.8, 4) is 0 Å². The molecule has 0 N–H and O–H groups in total. The van der Waals surface area contributed by atoms with E-state index in [1.807, 2.05) is 0 Å². The van der Waals surface area contributed by atoms with E-state index in [9.17, 15) is 9.59 Å². The molecule has 0 aromatic rings. The topological polar surface area (TPSA) is 52.6 Å². The fraction of sp³-hybridized carbons (Fsp3) is 0.833. The van der Waals surface area contributed by atoms with Crippen molar-refractivity contribution < 1.29 is 19.1 Å². The number of carbonyl (C=O) groups is 2. The van der Waals surface area contributed by atoms with Crippen LogP contribution in [-0.4, -0.2) is 24.1 Å². The molecule has 1 heterocycles. The summed E-state index contributed by atoms with van der Waals surface area (Å²) in [5, 5.41) is 0. The van der Waals surface area contributed by atoms with Crippen molar-refractivity contribution in [2.45, 2.75) is 84.8 Å². The molecule has 1 saturated heterocycles. The smallest absolute Gasteiger partial charge is 0.309 e. The van der Waals surface area contributed by atoms with Crippen LogP contribution in [0.3, 0.4) is 0 Å². The second-order valence-corrected chi connectivity index (χ2v) is 10.8. The van der Waals surface area contributed by atoms with Crippen LogP contribution in [0.15, 0.2) is 11.6 Å². The van der Waals surface area contributed by atoms with Gasteiger partial charge in [0.1, 0.15) is 12.2 Å². The SMILES string of the molecule is CC(=O)O[C@H]1CC[C@@]2(C)C(=CC[C@@H]3[C@H]2CC[C@]2(C)[C@@H]4[C@H](C[C@@H]32)OC(=O)[C@H]4C)C1. The Morgan fingerprint density at radius 3 is 2.75 bits per heavy atom. The number of carbonyl (C=O) groups excluding carboxylic acids is 2. The Labute approximate surface area is 168 Å². The Morgan fingerprint density at radius 2 is 2.00 bits per heavy atom. The third-order valence-corrected chi connectivity index (χ3v) is 9.66. The maximum Gasteiger partial charge on any atom is 0.309 e. The van der Waals surface area contributed by atoms with Gasteiger partial charge in [-0.15, -0.1) is 0 Å². The molecule has 0 radical (unpaired) electrons. The standard InChI is InChI=1S/C24H34O4/c1-13-21-20(28-22(13)26)12-19-17-6-5-15-11-16(27-14(2)25)7-9-23(15,3)18(17)8-10-24(19,21)4/h5,13,16-21H,6-12H2,1-4H3/t13-,16-,17+,18+,19-,20-,21-,23-,24-/m0/s1. The second-order valence-electron chi connectivity index (χ2n) is 10.8. The van der Waals surface area contributed by atoms with Gasteiger partial charge in [-0.1, -0.05) is 32.4 Å². The highest BCUT2D eigenvalue weighted by atomic mass is 16.6. The number of fused-ring (bicyclic) bond motifs is 7. The Kier molecular flexibility index (Phi) is 4.07. The average molecular weight is 387 g/mol. The number of hydrogen-bond acceptors (Lipinski definition) is 4. The molecule has 5 aliphatic rings. The van der Waals surface area contributed by atoms with Crippen LogP contribution in [0, 0.1) is 40.4 Å². The van der Waals surface area contributed by atoms with Gasteiger partial charge in [0.15, 0.2) is 0 Å². The molecule has 9 atom stereocenters. The van der Waals surface area contributed by atoms with Crippen molar-refractivity contribution in [1.82, 2.24) is 0 Å². The highest BCUT2D eigenvalue weighted by Gasteiger charge is 2.65. The van der Waals surface area contributed by atoms with Crippen LogP contribution in [-0.2, 0) is 19.1 Å². The van der Waals surface area contributed by atoms with Crippen LogP contribution in [0.5, 0.6) is 0 Å². The summed E-state index contributed by atoms with van der Waals surface area (Å²) in [6, 6.07) is 0. The van der Waals surface area contributed by atoms with Crippen molar-refractivity contribution in [1.29, 1.82) is 0 Å². The lowest BCUT2D eigenvalue weighted by Gasteiger charge is -2.58. The Morgan fingerprint density at radius 1 is 1.21 bits per heavy atom. The van der Waals surface area contributed by atoms with Gasteiger partial charge >= 0.3 is 11.9 Å². The molecular weight excluding hydrogens is 352 g/mol. The molecule has 0 aromatic heterocycles. The summed E-state index contributed by atoms with van der Waals surface area (Å²) in [6.07, 6.45) is 10.4. The lowest BCUT2D eigenvalue weighted by molar-refractivity contribution is -0.148. The van der Waals surface area contributed by atoms with Crippen molar-refractivity contribution in [3.05, 3.63) is 11.6 Å². The first-order valence-electron chi connectivity index (χ1n) is 11.3. The van der Waals surface area contributed by atoms with Crippen LogP contribution in [0.1, 0.15) is 72.6 Å². The van der Waals surface area contributed by atoms with Gasteiger partial charge in [-0.3, -0.25) is 9.59 Å². The molecular formula is C24H34O4. The third kappa shape index (κ3) is 2.42. The van der Waals surface area contributed by atoms with Crippen LogP contribution >= 0.6 is 0 Å². The van der Waals surface area contributed by atoms with Crippen molar-refractivity contribution in [2.75, 3.05) is 0 Å². The molecule has 0 unspecified atom stereocenters. The Bertz CT molecular complexity index is 741. The number of ether oxygens (including phenoxy) is 2. The molecule has 154 valence electrons. The zero-order chi connectivity index (χ0) is 19.8. The summed E-state index contributed by atoms with van der Waals surface area (Å²) >= 11 is 0. The quantitative estimate of drug-likeness (QED) is 0.485. The number of hydrogen-bond donors (Lipinski definition) is 0. The van der Waals surface area contributed by atoms with E-state index in [4.69, 9.17) is 9.47 Å². The number of rotatable bonds is 1. The minimum absolute atomic E-state index is 0.0263. The molecule has 0 bridgehead atoms. The van der Waals surface area contributed by atoms with Gasteiger partial charge in [0.2, 0.25) is 0 Å². The average Bonchev–Trinajstić information content (AvgIpc) is 3.08. The molecule has 4 heteroatoms. The summed E-state index contributed by atoms with van der Waals surface area (Å²) in [5.74, 6) is 2.42. The fourth-order valence-electron chi connectivity index (χ4n) is 8.41. The van der Waals surface area contributed by atoms with E-state index < -0.39 is 0 Å². The maximum atomic E-state index is 12.2. The van der Waals surface area contributed by atoms with E-state index in [0.717, 1.165) is 32.1 Å². The summed E-state index contributed by atoms with van der Waals surface area (Å²) in [5.41, 5.74) is 2.03. The molecule has 3 saturated carbocycles. The van der Waals surface area contributed by atoms with Gasteiger partial charge in [0, 0.05) is 19.3 Å². The van der Waals surface area contributed by atoms with Gasteiger partial charge in [-0.2, -0.15) is 0 Å². The van der Waals surface area contributed by atoms with Gasteiger partial charge < -0.3 is 9.47 Å². The minimum Gasteiger partial charge on any atom is -0.462 e. The predicted octanol–water partition coefficient (Wildman–Crippen LogP) is 4.67. The molecule has 5 rings (SSSR count). The van der Waals surface area contributed by atoms with Crippen molar-refractivity contribution >= 4 is 11.9 Å². The van der Waals surface area contributed by atoms with Crippen molar-refractivity contribution in [3.63, 3.8) is 0 Å². The van der Waals surface area contributed by atoms with Crippen LogP contribution < -0.4 is 0 Å². The maximum absolute atomic E-state index is 12.2. The van der Waals surface area contributed by atoms with E-state index in [2.05, 4.69) is 26.8 Å². The fourth-order valence-corrected chi connectivity index (χ4v) is 8.41. The zero-order valence-electron chi connectivity index (χ0n) is 17.7. The van der Waals surface area contributed by atoms with Gasteiger partial charge in [0.05, 0.1) is 5.92 Å². The monoisotopic (exact) mass is 386 g/mol. The normalized spacial score (nSPS) is 51.9. The van der Waals surface area contributed by atoms with Crippen LogP contribution in [0.2, 0.25) is 0 Å². The van der Waals surface area contributed by atoms with Crippen LogP contribution in [0.4, 0.5) is 0 Å². The molecule has 0 amide bonds. The first-order chi connectivity index (χ1) is 13.2. The van der Waals surface area contributed by atoms with E-state index in [0.29, 0.717) is 23.7 Å². The number of allylic oxidation sites excluding steroid dienone is 1. The summed E-state index contributed by atoms with van der Waals surface area (Å²) in [6.45, 7) is 8.53. The van der Waals surface area contributed by atoms with E-state index in [-0.39, 0.29) is 40.9 Å². The first-order valence-corrected chi connectivity index (χ1v) is 11.3. The number of esters is 2. The lowest BCUT2D eigenvalue weighted by Crippen LogP contribution is -2.51. The molecule has 4 nitrogen and oxygen atoms in total. The highest BCUT2D eigenvalue weighted by Crippen LogP contribution is 2.68. The van der Waals surface area contributed by atoms with E-state index in [1.54, 1.807) is 0 Å². The summed E-state index contributed by atoms with van der Waals surface area (Å²) in [4.78, 5) is 23.6. The molecule has 0 aromatic carbocycles. The molecule has 28 heavy (non-hydrogen) atoms. The largest absolute Gasteiger partial charge is 0.462 e. The Balaban J connectivity index is 1.42. The Hall–Kier alpha value is -1.32. The van der Waals surface area contributed by atoms with Gasteiger partial charge in [-0.05, 0) is 67.1 Å². The van der Waals surface area contributed by atoms with Crippen molar-refractivity contribution in [2.24, 2.45) is 40.4 Å². The van der Waals surface area contributed by atoms with E-state index >= 15 is 0 Å². The third-order valence-electron chi connectivity index (χ3n) is 9.66. The zero-order valence-corrected chi connectivity index (χ0v) is 17.7. The van der Waals surface area contributed by atoms with Crippen LogP contribution in [0.25, 0.3) is 0 Å². The van der Waals surface area contributed by atoms with Gasteiger partial charge in [0.25, 0.3) is 0 Å². The van der Waals surface area contributed by atoms with Gasteiger partial charge in [-0.25, -0.2) is 0 Å². The predicted molar refractivity (Wildman–Crippen MR) is 105 cm³/mol. The second kappa shape index (κ2) is 6.09. The lowest BCUT2D eigenvalue weighted by atomic mass is 9.47. The summed E-state index contributed by atoms with van der Waals surface area (Å²) < 4.78 is 11.4. The highest BCUT2D eigenvalue weighted by molar-refractivity contribution is 5.75. The molecule has 4 fully saturated rings.